The Balaban J connectivity index is 1.36. The number of para-hydroxylation sites is 1. The average Bonchev–Trinajstić information content (AvgIpc) is 3.01. The summed E-state index contributed by atoms with van der Waals surface area (Å²) < 4.78 is 13.2. The van der Waals surface area contributed by atoms with Gasteiger partial charge in [0.15, 0.2) is 0 Å². The van der Waals surface area contributed by atoms with Crippen LogP contribution in [0.2, 0.25) is 0 Å². The normalized spacial score (nSPS) is 17.6. The molecular formula is C34H39N7O4. The van der Waals surface area contributed by atoms with Crippen LogP contribution in [0.3, 0.4) is 0 Å². The number of benzene rings is 2. The number of rotatable bonds is 10. The van der Waals surface area contributed by atoms with Gasteiger partial charge in [-0.1, -0.05) is 18.7 Å². The monoisotopic (exact) mass is 609 g/mol. The molecule has 45 heavy (non-hydrogen) atoms. The molecule has 3 heterocycles. The first-order valence-corrected chi connectivity index (χ1v) is 15.2. The number of amides is 1. The first kappa shape index (κ1) is 30.3. The van der Waals surface area contributed by atoms with Gasteiger partial charge >= 0.3 is 0 Å². The lowest BCUT2D eigenvalue weighted by molar-refractivity contribution is -0.114. The zero-order chi connectivity index (χ0) is 31.7. The summed E-state index contributed by atoms with van der Waals surface area (Å²) in [6.07, 6.45) is 4.61. The van der Waals surface area contributed by atoms with E-state index >= 15 is 0 Å². The summed E-state index contributed by atoms with van der Waals surface area (Å²) >= 11 is 0. The molecule has 4 aromatic rings. The van der Waals surface area contributed by atoms with Gasteiger partial charge < -0.3 is 29.5 Å². The number of carbonyl (C=O) groups is 1. The smallest absolute Gasteiger partial charge is 0.276 e. The minimum atomic E-state index is -0.166. The molecule has 2 aromatic carbocycles. The van der Waals surface area contributed by atoms with E-state index in [1.54, 1.807) is 22.8 Å². The predicted octanol–water partition coefficient (Wildman–Crippen LogP) is 4.80. The summed E-state index contributed by atoms with van der Waals surface area (Å²) in [6, 6.07) is 15.3. The van der Waals surface area contributed by atoms with Crippen LogP contribution in [0.25, 0.3) is 11.0 Å². The Bertz CT molecular complexity index is 1780. The average molecular weight is 610 g/mol. The Morgan fingerprint density at radius 2 is 1.91 bits per heavy atom. The molecule has 0 saturated heterocycles. The van der Waals surface area contributed by atoms with Crippen LogP contribution in [0.15, 0.2) is 72.2 Å². The molecule has 1 saturated carbocycles. The van der Waals surface area contributed by atoms with Crippen LogP contribution in [-0.2, 0) is 9.53 Å². The third-order valence-corrected chi connectivity index (χ3v) is 8.50. The minimum Gasteiger partial charge on any atom is -0.492 e. The minimum absolute atomic E-state index is 0.0631. The Labute approximate surface area is 262 Å². The second-order valence-electron chi connectivity index (χ2n) is 11.7. The van der Waals surface area contributed by atoms with Crippen molar-refractivity contribution in [1.29, 1.82) is 0 Å². The van der Waals surface area contributed by atoms with Crippen molar-refractivity contribution in [3.63, 3.8) is 0 Å². The highest BCUT2D eigenvalue weighted by atomic mass is 16.5. The quantitative estimate of drug-likeness (QED) is 0.254. The van der Waals surface area contributed by atoms with Crippen LogP contribution in [-0.4, -0.2) is 78.9 Å². The fourth-order valence-corrected chi connectivity index (χ4v) is 5.97. The Morgan fingerprint density at radius 3 is 2.62 bits per heavy atom. The topological polar surface area (TPSA) is 105 Å². The zero-order valence-electron chi connectivity index (χ0n) is 26.2. The summed E-state index contributed by atoms with van der Waals surface area (Å²) in [6.45, 7) is 7.97. The summed E-state index contributed by atoms with van der Waals surface area (Å²) in [7, 11) is 5.72. The van der Waals surface area contributed by atoms with Crippen LogP contribution in [0.5, 0.6) is 5.75 Å². The summed E-state index contributed by atoms with van der Waals surface area (Å²) in [5.41, 5.74) is 4.29. The molecule has 6 rings (SSSR count). The summed E-state index contributed by atoms with van der Waals surface area (Å²) in [4.78, 5) is 42.4. The van der Waals surface area contributed by atoms with Gasteiger partial charge in [0.05, 0.1) is 17.5 Å². The molecular weight excluding hydrogens is 570 g/mol. The fourth-order valence-electron chi connectivity index (χ4n) is 5.97. The number of nitrogens with zero attached hydrogens (tertiary/aromatic N) is 6. The van der Waals surface area contributed by atoms with Crippen molar-refractivity contribution in [3.8, 4) is 5.75 Å². The maximum atomic E-state index is 14.4. The molecule has 2 aromatic heterocycles. The van der Waals surface area contributed by atoms with Crippen molar-refractivity contribution in [1.82, 2.24) is 19.4 Å². The van der Waals surface area contributed by atoms with E-state index in [2.05, 4.69) is 21.8 Å². The summed E-state index contributed by atoms with van der Waals surface area (Å²) in [5.74, 6) is 1.01. The second-order valence-corrected chi connectivity index (χ2v) is 11.7. The number of nitrogens with one attached hydrogen (secondary N) is 1. The maximum absolute atomic E-state index is 14.4. The molecule has 0 bridgehead atoms. The molecule has 1 amide bonds. The molecule has 0 spiro atoms. The number of carbonyl (C=O) groups excluding carboxylic acids is 1. The third-order valence-electron chi connectivity index (χ3n) is 8.50. The van der Waals surface area contributed by atoms with Crippen molar-refractivity contribution >= 4 is 45.6 Å². The van der Waals surface area contributed by atoms with Crippen molar-refractivity contribution in [3.05, 3.63) is 83.3 Å². The van der Waals surface area contributed by atoms with Gasteiger partial charge in [0.25, 0.3) is 11.5 Å². The predicted molar refractivity (Wildman–Crippen MR) is 177 cm³/mol. The number of anilines is 5. The highest BCUT2D eigenvalue weighted by molar-refractivity contribution is 6.05. The molecule has 0 radical (unpaired) electrons. The van der Waals surface area contributed by atoms with Crippen LogP contribution < -0.4 is 25.4 Å². The molecule has 1 aliphatic heterocycles. The first-order chi connectivity index (χ1) is 21.8. The van der Waals surface area contributed by atoms with Gasteiger partial charge in [-0.05, 0) is 81.9 Å². The number of ether oxygens (including phenoxy) is 2. The van der Waals surface area contributed by atoms with E-state index in [4.69, 9.17) is 14.5 Å². The number of aryl methyl sites for hydroxylation is 1. The van der Waals surface area contributed by atoms with Gasteiger partial charge in [0.1, 0.15) is 23.7 Å². The van der Waals surface area contributed by atoms with E-state index < -0.39 is 0 Å². The van der Waals surface area contributed by atoms with Gasteiger partial charge in [0, 0.05) is 50.1 Å². The van der Waals surface area contributed by atoms with Gasteiger partial charge in [-0.2, -0.15) is 4.98 Å². The molecule has 2 aliphatic rings. The molecule has 11 heteroatoms. The van der Waals surface area contributed by atoms with E-state index in [1.807, 2.05) is 74.4 Å². The van der Waals surface area contributed by atoms with E-state index in [0.29, 0.717) is 49.8 Å². The van der Waals surface area contributed by atoms with Crippen molar-refractivity contribution in [2.45, 2.75) is 31.9 Å². The van der Waals surface area contributed by atoms with Gasteiger partial charge in [0.2, 0.25) is 5.95 Å². The Hall–Kier alpha value is -4.74. The Morgan fingerprint density at radius 1 is 1.13 bits per heavy atom. The number of hydrogen-bond donors (Lipinski definition) is 1. The first-order valence-electron chi connectivity index (χ1n) is 15.2. The molecule has 234 valence electrons. The van der Waals surface area contributed by atoms with Crippen LogP contribution in [0.4, 0.5) is 28.7 Å². The molecule has 11 nitrogen and oxygen atoms in total. The number of methoxy groups -OCH3 is 1. The second kappa shape index (κ2) is 12.7. The standard InChI is InChI=1S/C34H39N7O4/c1-6-30(42)40-15-14-39(28-9-7-8-22(2)31(28)40)29-18-23-21-35-34(36-24-10-12-26(13-11-24)45-17-16-38(3)4)37-32(23)41(33(29)43)25-19-27(20-25)44-5/h6-13,18,21,25,27H,1,14-17,19-20H2,2-5H3,(H,35,36,37). The lowest BCUT2D eigenvalue weighted by Gasteiger charge is -2.39. The van der Waals surface area contributed by atoms with Gasteiger partial charge in [-0.25, -0.2) is 4.98 Å². The number of aromatic nitrogens is 3. The molecule has 0 unspecified atom stereocenters. The molecule has 1 fully saturated rings. The lowest BCUT2D eigenvalue weighted by atomic mass is 9.88. The van der Waals surface area contributed by atoms with Crippen molar-refractivity contribution < 1.29 is 14.3 Å². The van der Waals surface area contributed by atoms with E-state index in [-0.39, 0.29) is 23.6 Å². The van der Waals surface area contributed by atoms with E-state index in [1.165, 1.54) is 6.08 Å². The fraction of sp³-hybridized carbons (Fsp3) is 0.353. The van der Waals surface area contributed by atoms with Crippen LogP contribution in [0, 0.1) is 6.92 Å². The van der Waals surface area contributed by atoms with Crippen molar-refractivity contribution in [2.75, 3.05) is 62.6 Å². The highest BCUT2D eigenvalue weighted by Crippen LogP contribution is 2.41. The number of pyridine rings is 1. The molecule has 0 atom stereocenters. The van der Waals surface area contributed by atoms with E-state index in [0.717, 1.165) is 40.3 Å². The Kier molecular flexibility index (Phi) is 8.55. The zero-order valence-corrected chi connectivity index (χ0v) is 26.2. The largest absolute Gasteiger partial charge is 0.492 e. The molecule has 1 N–H and O–H groups in total. The number of likely N-dealkylation sites (N-methyl/N-ethyl adjacent to an activating group) is 1. The highest BCUT2D eigenvalue weighted by Gasteiger charge is 2.35. The SMILES string of the molecule is C=CC(=O)N1CCN(c2cc3cnc(Nc4ccc(OCCN(C)C)cc4)nc3n(C3CC(OC)C3)c2=O)c2cccc(C)c21. The van der Waals surface area contributed by atoms with E-state index in [9.17, 15) is 9.59 Å². The van der Waals surface area contributed by atoms with Crippen molar-refractivity contribution in [2.24, 2.45) is 0 Å². The maximum Gasteiger partial charge on any atom is 0.276 e. The van der Waals surface area contributed by atoms with Crippen LogP contribution >= 0.6 is 0 Å². The number of fused-ring (bicyclic) bond motifs is 2. The molecule has 1 aliphatic carbocycles. The van der Waals surface area contributed by atoms with Crippen LogP contribution in [0.1, 0.15) is 24.4 Å². The summed E-state index contributed by atoms with van der Waals surface area (Å²) in [5, 5.41) is 4.02. The van der Waals surface area contributed by atoms with Gasteiger partial charge in [-0.3, -0.25) is 14.2 Å². The van der Waals surface area contributed by atoms with Gasteiger partial charge in [-0.15, -0.1) is 0 Å². The lowest BCUT2D eigenvalue weighted by Crippen LogP contribution is -2.45. The third kappa shape index (κ3) is 6.01. The number of hydrogen-bond acceptors (Lipinski definition) is 9.